The van der Waals surface area contributed by atoms with Crippen LogP contribution < -0.4 is 0 Å². The molecule has 2 unspecified atom stereocenters. The van der Waals surface area contributed by atoms with Gasteiger partial charge in [-0.1, -0.05) is 28.3 Å². The van der Waals surface area contributed by atoms with Crippen LogP contribution in [0.5, 0.6) is 0 Å². The van der Waals surface area contributed by atoms with Gasteiger partial charge in [-0.05, 0) is 24.1 Å². The third kappa shape index (κ3) is 3.73. The zero-order valence-electron chi connectivity index (χ0n) is 9.09. The number of rotatable bonds is 5. The van der Waals surface area contributed by atoms with E-state index in [2.05, 4.69) is 10.0 Å². The summed E-state index contributed by atoms with van der Waals surface area (Å²) >= 11 is 11.3. The molecule has 0 radical (unpaired) electrons. The summed E-state index contributed by atoms with van der Waals surface area (Å²) < 4.78 is 13.3. The molecule has 0 aliphatic rings. The van der Waals surface area contributed by atoms with Crippen LogP contribution in [0.25, 0.3) is 10.4 Å². The summed E-state index contributed by atoms with van der Waals surface area (Å²) in [6.07, 6.45) is -2.61. The molecule has 5 nitrogen and oxygen atoms in total. The molecule has 2 atom stereocenters. The highest BCUT2D eigenvalue weighted by Gasteiger charge is 2.22. The number of halogens is 3. The molecular formula is C10H10Cl2FN3O2. The average molecular weight is 294 g/mol. The fourth-order valence-electron chi connectivity index (χ4n) is 1.39. The van der Waals surface area contributed by atoms with E-state index in [4.69, 9.17) is 28.7 Å². The maximum absolute atomic E-state index is 13.3. The Bertz CT molecular complexity index is 480. The molecule has 1 aromatic carbocycles. The van der Waals surface area contributed by atoms with Crippen molar-refractivity contribution in [2.24, 2.45) is 5.11 Å². The first kappa shape index (κ1) is 15.0. The van der Waals surface area contributed by atoms with Gasteiger partial charge in [0.1, 0.15) is 11.9 Å². The van der Waals surface area contributed by atoms with Gasteiger partial charge in [-0.2, -0.15) is 0 Å². The lowest BCUT2D eigenvalue weighted by atomic mass is 10.0. The predicted molar refractivity (Wildman–Crippen MR) is 66.0 cm³/mol. The number of aliphatic hydroxyl groups excluding tert-OH is 2. The van der Waals surface area contributed by atoms with Crippen molar-refractivity contribution in [1.29, 1.82) is 0 Å². The van der Waals surface area contributed by atoms with Crippen LogP contribution >= 0.6 is 23.2 Å². The molecule has 0 amide bonds. The summed E-state index contributed by atoms with van der Waals surface area (Å²) in [5, 5.41) is 22.5. The minimum atomic E-state index is -1.40. The highest BCUT2D eigenvalue weighted by molar-refractivity contribution is 6.33. The van der Waals surface area contributed by atoms with Gasteiger partial charge in [-0.3, -0.25) is 0 Å². The predicted octanol–water partition coefficient (Wildman–Crippen LogP) is 3.23. The van der Waals surface area contributed by atoms with Crippen LogP contribution in [-0.4, -0.2) is 22.9 Å². The van der Waals surface area contributed by atoms with Crippen LogP contribution in [0.15, 0.2) is 17.2 Å². The van der Waals surface area contributed by atoms with Gasteiger partial charge in [0.15, 0.2) is 0 Å². The van der Waals surface area contributed by atoms with Crippen molar-refractivity contribution in [2.45, 2.75) is 18.6 Å². The molecule has 18 heavy (non-hydrogen) atoms. The van der Waals surface area contributed by atoms with Gasteiger partial charge in [0, 0.05) is 22.0 Å². The topological polar surface area (TPSA) is 89.2 Å². The van der Waals surface area contributed by atoms with E-state index in [9.17, 15) is 14.6 Å². The van der Waals surface area contributed by atoms with E-state index >= 15 is 0 Å². The monoisotopic (exact) mass is 293 g/mol. The molecule has 0 aliphatic carbocycles. The summed E-state index contributed by atoms with van der Waals surface area (Å²) in [6, 6.07) is 2.28. The van der Waals surface area contributed by atoms with E-state index in [0.29, 0.717) is 0 Å². The second-order valence-electron chi connectivity index (χ2n) is 3.55. The fourth-order valence-corrected chi connectivity index (χ4v) is 1.83. The maximum atomic E-state index is 13.3. The Labute approximate surface area is 112 Å². The van der Waals surface area contributed by atoms with Crippen LogP contribution in [0.3, 0.4) is 0 Å². The smallest absolute Gasteiger partial charge is 0.143 e. The van der Waals surface area contributed by atoms with Gasteiger partial charge >= 0.3 is 0 Å². The third-order valence-corrected chi connectivity index (χ3v) is 2.91. The summed E-state index contributed by atoms with van der Waals surface area (Å²) in [5.41, 5.74) is 8.07. The first-order valence-electron chi connectivity index (χ1n) is 4.98. The Hall–Kier alpha value is -1.04. The molecule has 0 bridgehead atoms. The van der Waals surface area contributed by atoms with Crippen LogP contribution in [0.2, 0.25) is 10.0 Å². The van der Waals surface area contributed by atoms with Gasteiger partial charge in [0.25, 0.3) is 0 Å². The summed E-state index contributed by atoms with van der Waals surface area (Å²) in [7, 11) is 0. The quantitative estimate of drug-likeness (QED) is 0.378. The number of hydrogen-bond acceptors (Lipinski definition) is 3. The third-order valence-electron chi connectivity index (χ3n) is 2.29. The number of aliphatic hydroxyl groups is 2. The molecule has 0 heterocycles. The van der Waals surface area contributed by atoms with E-state index in [1.54, 1.807) is 0 Å². The summed E-state index contributed by atoms with van der Waals surface area (Å²) in [4.78, 5) is 2.51. The molecular weight excluding hydrogens is 284 g/mol. The minimum absolute atomic E-state index is 0.00453. The van der Waals surface area contributed by atoms with E-state index in [0.717, 1.165) is 6.07 Å². The zero-order chi connectivity index (χ0) is 13.7. The minimum Gasteiger partial charge on any atom is -0.390 e. The Kier molecular flexibility index (Phi) is 5.65. The second kappa shape index (κ2) is 6.78. The standard InChI is InChI=1S/C10H10Cl2FN3O2/c11-5-3-6(9(12)7(13)4-5)10(18)8(17)1-2-15-16-14/h3-4,8,10,17-18H,1-2H2. The Morgan fingerprint density at radius 1 is 1.39 bits per heavy atom. The van der Waals surface area contributed by atoms with Crippen molar-refractivity contribution < 1.29 is 14.6 Å². The van der Waals surface area contributed by atoms with Crippen LogP contribution in [0.4, 0.5) is 4.39 Å². The molecule has 0 saturated carbocycles. The lowest BCUT2D eigenvalue weighted by Gasteiger charge is -2.19. The lowest BCUT2D eigenvalue weighted by molar-refractivity contribution is 0.0149. The van der Waals surface area contributed by atoms with Crippen molar-refractivity contribution in [3.63, 3.8) is 0 Å². The molecule has 0 fully saturated rings. The molecule has 1 rings (SSSR count). The van der Waals surface area contributed by atoms with Gasteiger partial charge in [-0.15, -0.1) is 0 Å². The van der Waals surface area contributed by atoms with Crippen LogP contribution in [0, 0.1) is 5.82 Å². The van der Waals surface area contributed by atoms with Crippen LogP contribution in [-0.2, 0) is 0 Å². The number of azide groups is 1. The van der Waals surface area contributed by atoms with Crippen molar-refractivity contribution in [3.05, 3.63) is 44.0 Å². The Morgan fingerprint density at radius 2 is 2.06 bits per heavy atom. The molecule has 98 valence electrons. The Morgan fingerprint density at radius 3 is 2.67 bits per heavy atom. The van der Waals surface area contributed by atoms with E-state index in [1.165, 1.54) is 6.07 Å². The SMILES string of the molecule is [N-]=[N+]=NCCC(O)C(O)c1cc(Cl)cc(F)c1Cl. The van der Waals surface area contributed by atoms with E-state index in [-0.39, 0.29) is 28.6 Å². The largest absolute Gasteiger partial charge is 0.390 e. The summed E-state index contributed by atoms with van der Waals surface area (Å²) in [6.45, 7) is 0.00932. The first-order valence-corrected chi connectivity index (χ1v) is 5.74. The molecule has 1 aromatic rings. The molecule has 0 saturated heterocycles. The first-order chi connectivity index (χ1) is 8.47. The van der Waals surface area contributed by atoms with Gasteiger partial charge in [0.2, 0.25) is 0 Å². The highest BCUT2D eigenvalue weighted by atomic mass is 35.5. The van der Waals surface area contributed by atoms with E-state index < -0.39 is 18.0 Å². The van der Waals surface area contributed by atoms with Gasteiger partial charge < -0.3 is 10.2 Å². The van der Waals surface area contributed by atoms with Crippen molar-refractivity contribution in [2.75, 3.05) is 6.54 Å². The maximum Gasteiger partial charge on any atom is 0.143 e. The van der Waals surface area contributed by atoms with E-state index in [1.807, 2.05) is 0 Å². The molecule has 2 N–H and O–H groups in total. The average Bonchev–Trinajstić information content (AvgIpc) is 2.33. The lowest BCUT2D eigenvalue weighted by Crippen LogP contribution is -2.19. The molecule has 0 spiro atoms. The number of hydrogen-bond donors (Lipinski definition) is 2. The summed E-state index contributed by atoms with van der Waals surface area (Å²) in [5.74, 6) is -0.777. The van der Waals surface area contributed by atoms with Gasteiger partial charge in [-0.25, -0.2) is 4.39 Å². The van der Waals surface area contributed by atoms with Crippen molar-refractivity contribution in [3.8, 4) is 0 Å². The van der Waals surface area contributed by atoms with Crippen molar-refractivity contribution >= 4 is 23.2 Å². The number of nitrogens with zero attached hydrogens (tertiary/aromatic N) is 3. The molecule has 0 aliphatic heterocycles. The molecule has 8 heteroatoms. The fraction of sp³-hybridized carbons (Fsp3) is 0.400. The van der Waals surface area contributed by atoms with Crippen LogP contribution in [0.1, 0.15) is 18.1 Å². The zero-order valence-corrected chi connectivity index (χ0v) is 10.6. The second-order valence-corrected chi connectivity index (χ2v) is 4.36. The van der Waals surface area contributed by atoms with Gasteiger partial charge in [0.05, 0.1) is 11.1 Å². The Balaban J connectivity index is 2.89. The normalized spacial score (nSPS) is 13.8. The van der Waals surface area contributed by atoms with Crippen molar-refractivity contribution in [1.82, 2.24) is 0 Å². The number of benzene rings is 1. The highest BCUT2D eigenvalue weighted by Crippen LogP contribution is 2.31. The molecule has 0 aromatic heterocycles.